The lowest BCUT2D eigenvalue weighted by atomic mass is 10.1. The summed E-state index contributed by atoms with van der Waals surface area (Å²) in [6.07, 6.45) is 9.73. The Kier molecular flexibility index (Phi) is 4.47. The van der Waals surface area contributed by atoms with E-state index in [2.05, 4.69) is 15.3 Å². The van der Waals surface area contributed by atoms with E-state index in [0.717, 1.165) is 29.8 Å². The van der Waals surface area contributed by atoms with Gasteiger partial charge in [-0.25, -0.2) is 4.98 Å². The van der Waals surface area contributed by atoms with E-state index < -0.39 is 0 Å². The summed E-state index contributed by atoms with van der Waals surface area (Å²) in [7, 11) is 0. The summed E-state index contributed by atoms with van der Waals surface area (Å²) in [5.41, 5.74) is 3.60. The van der Waals surface area contributed by atoms with Crippen molar-refractivity contribution in [1.29, 1.82) is 0 Å². The molecule has 0 saturated heterocycles. The number of pyridine rings is 1. The summed E-state index contributed by atoms with van der Waals surface area (Å²) in [4.78, 5) is 20.5. The maximum Gasteiger partial charge on any atom is 0.255 e. The van der Waals surface area contributed by atoms with Crippen LogP contribution in [0.15, 0.2) is 61.4 Å². The quantitative estimate of drug-likeness (QED) is 0.788. The third-order valence-electron chi connectivity index (χ3n) is 3.67. The van der Waals surface area contributed by atoms with E-state index in [1.54, 1.807) is 24.9 Å². The smallest absolute Gasteiger partial charge is 0.255 e. The van der Waals surface area contributed by atoms with Gasteiger partial charge in [-0.15, -0.1) is 0 Å². The van der Waals surface area contributed by atoms with E-state index in [1.165, 1.54) is 0 Å². The van der Waals surface area contributed by atoms with Crippen LogP contribution in [-0.4, -0.2) is 20.4 Å². The van der Waals surface area contributed by atoms with Gasteiger partial charge in [-0.3, -0.25) is 9.78 Å². The van der Waals surface area contributed by atoms with Crippen molar-refractivity contribution in [2.24, 2.45) is 0 Å². The first-order valence-corrected chi connectivity index (χ1v) is 7.55. The van der Waals surface area contributed by atoms with Crippen molar-refractivity contribution in [2.45, 2.75) is 19.9 Å². The molecule has 0 aliphatic carbocycles. The Morgan fingerprint density at radius 3 is 2.65 bits per heavy atom. The Hall–Kier alpha value is -2.95. The molecule has 1 N–H and O–H groups in total. The molecule has 23 heavy (non-hydrogen) atoms. The lowest BCUT2D eigenvalue weighted by Crippen LogP contribution is -2.13. The molecule has 0 saturated carbocycles. The number of imidazole rings is 1. The minimum atomic E-state index is -0.111. The molecule has 0 radical (unpaired) electrons. The molecule has 3 rings (SSSR count). The molecule has 3 aromatic rings. The van der Waals surface area contributed by atoms with Gasteiger partial charge in [0.15, 0.2) is 0 Å². The molecule has 0 fully saturated rings. The molecule has 5 heteroatoms. The Labute approximate surface area is 135 Å². The summed E-state index contributed by atoms with van der Waals surface area (Å²) in [6, 6.07) is 9.43. The molecule has 0 bridgehead atoms. The number of aryl methyl sites for hydroxylation is 1. The van der Waals surface area contributed by atoms with E-state index >= 15 is 0 Å². The lowest BCUT2D eigenvalue weighted by molar-refractivity contribution is 0.102. The normalized spacial score (nSPS) is 10.5. The zero-order valence-electron chi connectivity index (χ0n) is 12.9. The van der Waals surface area contributed by atoms with Gasteiger partial charge in [0.1, 0.15) is 0 Å². The van der Waals surface area contributed by atoms with Gasteiger partial charge in [0, 0.05) is 42.6 Å². The molecule has 0 aliphatic heterocycles. The van der Waals surface area contributed by atoms with Gasteiger partial charge in [0.05, 0.1) is 6.33 Å². The van der Waals surface area contributed by atoms with Gasteiger partial charge >= 0.3 is 0 Å². The van der Waals surface area contributed by atoms with Crippen molar-refractivity contribution in [3.63, 3.8) is 0 Å². The number of hydrogen-bond acceptors (Lipinski definition) is 3. The molecule has 0 unspecified atom stereocenters. The summed E-state index contributed by atoms with van der Waals surface area (Å²) in [5, 5.41) is 2.95. The molecule has 0 atom stereocenters. The number of aromatic nitrogens is 3. The van der Waals surface area contributed by atoms with Gasteiger partial charge < -0.3 is 9.88 Å². The number of carbonyl (C=O) groups is 1. The number of hydrogen-bond donors (Lipinski definition) is 1. The number of rotatable bonds is 5. The van der Waals surface area contributed by atoms with Crippen LogP contribution in [0.2, 0.25) is 0 Å². The third kappa shape index (κ3) is 3.63. The Morgan fingerprint density at radius 1 is 1.13 bits per heavy atom. The van der Waals surface area contributed by atoms with Gasteiger partial charge in [-0.2, -0.15) is 0 Å². The van der Waals surface area contributed by atoms with Crippen LogP contribution in [0, 0.1) is 0 Å². The lowest BCUT2D eigenvalue weighted by Gasteiger charge is -2.10. The highest BCUT2D eigenvalue weighted by Gasteiger charge is 2.08. The molecule has 2 aromatic heterocycles. The van der Waals surface area contributed by atoms with Crippen LogP contribution in [0.5, 0.6) is 0 Å². The van der Waals surface area contributed by atoms with E-state index in [-0.39, 0.29) is 5.91 Å². The van der Waals surface area contributed by atoms with Crippen LogP contribution in [0.1, 0.15) is 28.4 Å². The number of nitrogens with zero attached hydrogens (tertiary/aromatic N) is 3. The molecule has 0 spiro atoms. The van der Waals surface area contributed by atoms with E-state index in [0.29, 0.717) is 5.56 Å². The van der Waals surface area contributed by atoms with Crippen LogP contribution < -0.4 is 5.32 Å². The predicted octanol–water partition coefficient (Wildman–Crippen LogP) is 3.14. The highest BCUT2D eigenvalue weighted by molar-refractivity contribution is 6.04. The minimum absolute atomic E-state index is 0.111. The van der Waals surface area contributed by atoms with Crippen LogP contribution in [0.25, 0.3) is 0 Å². The maximum absolute atomic E-state index is 12.4. The number of amides is 1. The van der Waals surface area contributed by atoms with Crippen molar-refractivity contribution >= 4 is 11.6 Å². The number of carbonyl (C=O) groups excluding carboxylic acids is 1. The minimum Gasteiger partial charge on any atom is -0.333 e. The first-order valence-electron chi connectivity index (χ1n) is 7.55. The van der Waals surface area contributed by atoms with Crippen molar-refractivity contribution in [3.05, 3.63) is 78.1 Å². The van der Waals surface area contributed by atoms with Crippen LogP contribution in [-0.2, 0) is 13.0 Å². The Balaban J connectivity index is 1.70. The van der Waals surface area contributed by atoms with Crippen molar-refractivity contribution in [1.82, 2.24) is 14.5 Å². The SMILES string of the molecule is CCc1cnccc1NC(=O)c1ccc(Cn2ccnc2)cc1. The summed E-state index contributed by atoms with van der Waals surface area (Å²) < 4.78 is 1.99. The van der Waals surface area contributed by atoms with Crippen LogP contribution in [0.4, 0.5) is 5.69 Å². The van der Waals surface area contributed by atoms with Gasteiger partial charge in [-0.1, -0.05) is 19.1 Å². The highest BCUT2D eigenvalue weighted by Crippen LogP contribution is 2.16. The second-order valence-electron chi connectivity index (χ2n) is 5.27. The van der Waals surface area contributed by atoms with Crippen LogP contribution in [0.3, 0.4) is 0 Å². The molecule has 2 heterocycles. The van der Waals surface area contributed by atoms with E-state index in [9.17, 15) is 4.79 Å². The average Bonchev–Trinajstić information content (AvgIpc) is 3.09. The third-order valence-corrected chi connectivity index (χ3v) is 3.67. The second kappa shape index (κ2) is 6.87. The first kappa shape index (κ1) is 15.0. The molecule has 116 valence electrons. The van der Waals surface area contributed by atoms with Gasteiger partial charge in [0.25, 0.3) is 5.91 Å². The van der Waals surface area contributed by atoms with Gasteiger partial charge in [0.2, 0.25) is 0 Å². The fraction of sp³-hybridized carbons (Fsp3) is 0.167. The van der Waals surface area contributed by atoms with E-state index in [4.69, 9.17) is 0 Å². The Morgan fingerprint density at radius 2 is 1.96 bits per heavy atom. The topological polar surface area (TPSA) is 59.8 Å². The summed E-state index contributed by atoms with van der Waals surface area (Å²) >= 11 is 0. The van der Waals surface area contributed by atoms with Crippen molar-refractivity contribution in [2.75, 3.05) is 5.32 Å². The molecule has 1 aromatic carbocycles. The molecule has 1 amide bonds. The fourth-order valence-electron chi connectivity index (χ4n) is 2.38. The highest BCUT2D eigenvalue weighted by atomic mass is 16.1. The standard InChI is InChI=1S/C18H18N4O/c1-2-15-11-19-8-7-17(15)21-18(23)16-5-3-14(4-6-16)12-22-10-9-20-13-22/h3-11,13H,2,12H2,1H3,(H,19,21,23). The summed E-state index contributed by atoms with van der Waals surface area (Å²) in [6.45, 7) is 2.78. The average molecular weight is 306 g/mol. The number of anilines is 1. The molecular formula is C18H18N4O. The second-order valence-corrected chi connectivity index (χ2v) is 5.27. The van der Waals surface area contributed by atoms with Gasteiger partial charge in [-0.05, 0) is 35.7 Å². The Bertz CT molecular complexity index is 779. The first-order chi connectivity index (χ1) is 11.3. The van der Waals surface area contributed by atoms with Crippen LogP contribution >= 0.6 is 0 Å². The maximum atomic E-state index is 12.4. The summed E-state index contributed by atoms with van der Waals surface area (Å²) in [5.74, 6) is -0.111. The molecule has 5 nitrogen and oxygen atoms in total. The largest absolute Gasteiger partial charge is 0.333 e. The van der Waals surface area contributed by atoms with E-state index in [1.807, 2.05) is 48.0 Å². The van der Waals surface area contributed by atoms with Crippen molar-refractivity contribution in [3.8, 4) is 0 Å². The number of nitrogens with one attached hydrogen (secondary N) is 1. The zero-order chi connectivity index (χ0) is 16.1. The van der Waals surface area contributed by atoms with Crippen molar-refractivity contribution < 1.29 is 4.79 Å². The fourth-order valence-corrected chi connectivity index (χ4v) is 2.38. The zero-order valence-corrected chi connectivity index (χ0v) is 12.9. The molecular weight excluding hydrogens is 288 g/mol. The monoisotopic (exact) mass is 306 g/mol. The molecule has 0 aliphatic rings. The number of benzene rings is 1. The predicted molar refractivity (Wildman–Crippen MR) is 89.3 cm³/mol.